The zero-order chi connectivity index (χ0) is 29.3. The predicted molar refractivity (Wildman–Crippen MR) is 133 cm³/mol. The van der Waals surface area contributed by atoms with Gasteiger partial charge in [0.1, 0.15) is 17.6 Å². The Bertz CT molecular complexity index is 1410. The Morgan fingerprint density at radius 1 is 0.923 bits per heavy atom. The molecule has 1 unspecified atom stereocenters. The van der Waals surface area contributed by atoms with Gasteiger partial charge in [-0.15, -0.1) is 0 Å². The van der Waals surface area contributed by atoms with Crippen LogP contribution in [-0.2, 0) is 6.18 Å². The second-order valence-corrected chi connectivity index (χ2v) is 9.32. The Balaban J connectivity index is 1.98. The highest BCUT2D eigenvalue weighted by Crippen LogP contribution is 2.42. The Kier molecular flexibility index (Phi) is 9.09. The number of allylic oxidation sites excluding steroid dienone is 1. The number of rotatable bonds is 6. The van der Waals surface area contributed by atoms with Crippen LogP contribution in [0.15, 0.2) is 54.6 Å². The van der Waals surface area contributed by atoms with Crippen LogP contribution in [0.4, 0.5) is 40.8 Å². The first-order valence-electron chi connectivity index (χ1n) is 10.6. The normalized spacial score (nSPS) is 13.3. The first-order chi connectivity index (χ1) is 18.0. The third-order valence-corrected chi connectivity index (χ3v) is 6.57. The van der Waals surface area contributed by atoms with Crippen molar-refractivity contribution < 1.29 is 39.9 Å². The van der Waals surface area contributed by atoms with Crippen LogP contribution in [0.5, 0.6) is 0 Å². The minimum Gasteiger partial charge on any atom is -0.298 e. The molecule has 208 valence electrons. The lowest BCUT2D eigenvalue weighted by molar-refractivity contribution is -0.140. The fourth-order valence-corrected chi connectivity index (χ4v) is 4.07. The fraction of sp³-hybridized carbons (Fsp3) is 0.160. The number of hydrogen-bond acceptors (Lipinski definition) is 2. The number of hydrogen-bond donors (Lipinski definition) is 2. The van der Waals surface area contributed by atoms with Crippen LogP contribution in [0.2, 0.25) is 15.1 Å². The summed E-state index contributed by atoms with van der Waals surface area (Å²) in [6.07, 6.45) is -10.2. The molecule has 0 fully saturated rings. The molecule has 1 atom stereocenters. The highest BCUT2D eigenvalue weighted by atomic mass is 35.5. The van der Waals surface area contributed by atoms with Crippen LogP contribution in [0.25, 0.3) is 5.83 Å². The van der Waals surface area contributed by atoms with Crippen molar-refractivity contribution in [3.63, 3.8) is 0 Å². The monoisotopic (exact) mass is 616 g/mol. The maximum absolute atomic E-state index is 15.0. The lowest BCUT2D eigenvalue weighted by atomic mass is 9.95. The van der Waals surface area contributed by atoms with Gasteiger partial charge < -0.3 is 0 Å². The van der Waals surface area contributed by atoms with Gasteiger partial charge in [-0.1, -0.05) is 40.9 Å². The van der Waals surface area contributed by atoms with Crippen molar-refractivity contribution in [2.24, 2.45) is 0 Å². The highest BCUT2D eigenvalue weighted by molar-refractivity contribution is 6.48. The number of benzene rings is 3. The first-order valence-corrected chi connectivity index (χ1v) is 11.7. The van der Waals surface area contributed by atoms with E-state index in [1.165, 1.54) is 13.0 Å². The summed E-state index contributed by atoms with van der Waals surface area (Å²) in [5, 5.41) is -0.928. The average Bonchev–Trinajstić information content (AvgIpc) is 2.83. The van der Waals surface area contributed by atoms with Crippen molar-refractivity contribution >= 4 is 52.2 Å². The van der Waals surface area contributed by atoms with Gasteiger partial charge in [0.25, 0.3) is 5.91 Å². The van der Waals surface area contributed by atoms with E-state index in [1.54, 1.807) is 0 Å². The molecule has 0 spiro atoms. The van der Waals surface area contributed by atoms with E-state index in [9.17, 15) is 39.9 Å². The van der Waals surface area contributed by atoms with Crippen molar-refractivity contribution in [1.82, 2.24) is 5.43 Å². The molecule has 0 saturated heterocycles. The van der Waals surface area contributed by atoms with Gasteiger partial charge >= 0.3 is 12.4 Å². The Morgan fingerprint density at radius 2 is 1.54 bits per heavy atom. The van der Waals surface area contributed by atoms with Crippen LogP contribution in [-0.4, -0.2) is 12.1 Å². The van der Waals surface area contributed by atoms with Gasteiger partial charge in [-0.05, 0) is 66.6 Å². The molecule has 39 heavy (non-hydrogen) atoms. The molecule has 3 aromatic carbocycles. The second kappa shape index (κ2) is 11.6. The van der Waals surface area contributed by atoms with Gasteiger partial charge in [0.2, 0.25) is 0 Å². The molecule has 0 aliphatic rings. The lowest BCUT2D eigenvalue weighted by Gasteiger charge is -2.19. The van der Waals surface area contributed by atoms with Crippen molar-refractivity contribution in [1.29, 1.82) is 0 Å². The van der Waals surface area contributed by atoms with Gasteiger partial charge in [-0.25, -0.2) is 8.78 Å². The molecule has 0 aliphatic heterocycles. The Hall–Kier alpha value is -3.02. The summed E-state index contributed by atoms with van der Waals surface area (Å²) >= 11 is 17.3. The molecule has 0 saturated carbocycles. The molecule has 3 rings (SSSR count). The van der Waals surface area contributed by atoms with Crippen molar-refractivity contribution in [2.75, 3.05) is 5.43 Å². The fourth-order valence-electron chi connectivity index (χ4n) is 3.46. The molecule has 14 heteroatoms. The molecule has 0 aromatic heterocycles. The van der Waals surface area contributed by atoms with E-state index in [1.807, 2.05) is 5.43 Å². The van der Waals surface area contributed by atoms with Crippen LogP contribution >= 0.6 is 34.8 Å². The summed E-state index contributed by atoms with van der Waals surface area (Å²) in [7, 11) is 0. The molecule has 1 amide bonds. The topological polar surface area (TPSA) is 41.1 Å². The standard InChI is InChI=1S/C25H15Cl3F8N2O/c1-11-6-14(29)3-5-21(11)37-38-23(39)15-4-2-12(7-17(15)25(34,35)36)20(30)10-16(24(31,32)33)13-8-18(26)22(28)19(27)9-13/h2-10,16,37H,1H3,(H,38,39)/b20-10-. The zero-order valence-electron chi connectivity index (χ0n) is 19.3. The number of carbonyl (C=O) groups excluding carboxylic acids is 1. The number of aryl methyl sites for hydroxylation is 1. The predicted octanol–water partition coefficient (Wildman–Crippen LogP) is 9.53. The number of anilines is 1. The zero-order valence-corrected chi connectivity index (χ0v) is 21.6. The van der Waals surface area contributed by atoms with Gasteiger partial charge in [0, 0.05) is 5.56 Å². The molecule has 0 aliphatic carbocycles. The summed E-state index contributed by atoms with van der Waals surface area (Å²) in [4.78, 5) is 12.5. The van der Waals surface area contributed by atoms with Crippen LogP contribution < -0.4 is 10.9 Å². The van der Waals surface area contributed by atoms with E-state index in [4.69, 9.17) is 34.8 Å². The second-order valence-electron chi connectivity index (χ2n) is 8.13. The SMILES string of the molecule is Cc1cc(F)ccc1NNC(=O)c1ccc(/C(F)=C/C(c2cc(Cl)c(Cl)c(Cl)c2)C(F)(F)F)cc1C(F)(F)F. The van der Waals surface area contributed by atoms with E-state index in [-0.39, 0.29) is 32.9 Å². The van der Waals surface area contributed by atoms with E-state index in [0.717, 1.165) is 24.3 Å². The van der Waals surface area contributed by atoms with Gasteiger partial charge in [-0.2, -0.15) is 26.3 Å². The van der Waals surface area contributed by atoms with E-state index < -0.39 is 58.1 Å². The van der Waals surface area contributed by atoms with Crippen molar-refractivity contribution in [2.45, 2.75) is 25.2 Å². The third kappa shape index (κ3) is 7.34. The molecular formula is C25H15Cl3F8N2O. The number of carbonyl (C=O) groups is 1. The summed E-state index contributed by atoms with van der Waals surface area (Å²) < 4.78 is 111. The average molecular weight is 618 g/mol. The summed E-state index contributed by atoms with van der Waals surface area (Å²) in [6, 6.07) is 6.54. The first kappa shape index (κ1) is 30.5. The van der Waals surface area contributed by atoms with E-state index in [0.29, 0.717) is 17.7 Å². The molecular weight excluding hydrogens is 603 g/mol. The molecule has 3 nitrogen and oxygen atoms in total. The van der Waals surface area contributed by atoms with E-state index in [2.05, 4.69) is 5.43 Å². The van der Waals surface area contributed by atoms with Crippen molar-refractivity contribution in [3.05, 3.63) is 103 Å². The van der Waals surface area contributed by atoms with Crippen LogP contribution in [0.3, 0.4) is 0 Å². The summed E-state index contributed by atoms with van der Waals surface area (Å²) in [5.74, 6) is -6.17. The third-order valence-electron chi connectivity index (χ3n) is 5.38. The minimum absolute atomic E-state index is 0.0595. The summed E-state index contributed by atoms with van der Waals surface area (Å²) in [5.41, 5.74) is 0.850. The maximum atomic E-state index is 15.0. The molecule has 3 aromatic rings. The Morgan fingerprint density at radius 3 is 2.08 bits per heavy atom. The van der Waals surface area contributed by atoms with E-state index >= 15 is 0 Å². The quantitative estimate of drug-likeness (QED) is 0.164. The number of amides is 1. The van der Waals surface area contributed by atoms with Gasteiger partial charge in [-0.3, -0.25) is 15.6 Å². The van der Waals surface area contributed by atoms with Crippen LogP contribution in [0, 0.1) is 12.7 Å². The molecule has 0 bridgehead atoms. The van der Waals surface area contributed by atoms with Gasteiger partial charge in [0.15, 0.2) is 0 Å². The number of hydrazine groups is 1. The molecule has 0 radical (unpaired) electrons. The molecule has 0 heterocycles. The number of alkyl halides is 6. The smallest absolute Gasteiger partial charge is 0.298 e. The minimum atomic E-state index is -5.19. The highest BCUT2D eigenvalue weighted by Gasteiger charge is 2.41. The van der Waals surface area contributed by atoms with Crippen molar-refractivity contribution in [3.8, 4) is 0 Å². The largest absolute Gasteiger partial charge is 0.417 e. The lowest BCUT2D eigenvalue weighted by Crippen LogP contribution is -2.31. The number of halogens is 11. The number of nitrogens with one attached hydrogen (secondary N) is 2. The van der Waals surface area contributed by atoms with Crippen LogP contribution in [0.1, 0.15) is 38.5 Å². The molecule has 2 N–H and O–H groups in total. The van der Waals surface area contributed by atoms with Gasteiger partial charge in [0.05, 0.1) is 31.9 Å². The summed E-state index contributed by atoms with van der Waals surface area (Å²) in [6.45, 7) is 1.47. The Labute approximate surface area is 231 Å². The maximum Gasteiger partial charge on any atom is 0.417 e.